The summed E-state index contributed by atoms with van der Waals surface area (Å²) in [7, 11) is 1.57. The summed E-state index contributed by atoms with van der Waals surface area (Å²) in [6, 6.07) is 5.37. The normalized spacial score (nSPS) is 18.8. The largest absolute Gasteiger partial charge is 0.496 e. The monoisotopic (exact) mass is 213 g/mol. The fourth-order valence-corrected chi connectivity index (χ4v) is 2.01. The maximum absolute atomic E-state index is 10.1. The van der Waals surface area contributed by atoms with E-state index in [1.165, 1.54) is 0 Å². The fourth-order valence-electron chi connectivity index (χ4n) is 1.66. The van der Waals surface area contributed by atoms with E-state index in [0.29, 0.717) is 29.4 Å². The van der Waals surface area contributed by atoms with Gasteiger partial charge in [0.15, 0.2) is 0 Å². The van der Waals surface area contributed by atoms with Crippen LogP contribution in [0, 0.1) is 0 Å². The van der Waals surface area contributed by atoms with Crippen LogP contribution in [0.15, 0.2) is 18.2 Å². The second-order valence-corrected chi connectivity index (χ2v) is 3.86. The Hall–Kier alpha value is -0.770. The van der Waals surface area contributed by atoms with E-state index < -0.39 is 5.60 Å². The molecule has 14 heavy (non-hydrogen) atoms. The van der Waals surface area contributed by atoms with Crippen LogP contribution in [0.5, 0.6) is 5.75 Å². The molecule has 2 N–H and O–H groups in total. The summed E-state index contributed by atoms with van der Waals surface area (Å²) in [4.78, 5) is 0. The van der Waals surface area contributed by atoms with Crippen LogP contribution in [0.25, 0.3) is 0 Å². The Morgan fingerprint density at radius 1 is 1.50 bits per heavy atom. The van der Waals surface area contributed by atoms with E-state index in [2.05, 4.69) is 5.32 Å². The summed E-state index contributed by atoms with van der Waals surface area (Å²) < 4.78 is 5.18. The molecule has 1 saturated heterocycles. The lowest BCUT2D eigenvalue weighted by Crippen LogP contribution is -2.57. The molecule has 0 aliphatic carbocycles. The van der Waals surface area contributed by atoms with Gasteiger partial charge in [-0.3, -0.25) is 0 Å². The Morgan fingerprint density at radius 2 is 2.21 bits per heavy atom. The molecule has 1 aliphatic rings. The van der Waals surface area contributed by atoms with E-state index in [-0.39, 0.29) is 0 Å². The smallest absolute Gasteiger partial charge is 0.126 e. The van der Waals surface area contributed by atoms with Gasteiger partial charge < -0.3 is 15.2 Å². The van der Waals surface area contributed by atoms with Gasteiger partial charge in [-0.25, -0.2) is 0 Å². The van der Waals surface area contributed by atoms with Crippen molar-refractivity contribution in [2.45, 2.75) is 5.60 Å². The number of halogens is 1. The average Bonchev–Trinajstić information content (AvgIpc) is 2.14. The summed E-state index contributed by atoms with van der Waals surface area (Å²) in [5.74, 6) is 0.640. The first kappa shape index (κ1) is 9.77. The van der Waals surface area contributed by atoms with Gasteiger partial charge in [-0.1, -0.05) is 17.7 Å². The van der Waals surface area contributed by atoms with Gasteiger partial charge in [-0.2, -0.15) is 0 Å². The van der Waals surface area contributed by atoms with E-state index in [4.69, 9.17) is 16.3 Å². The predicted molar refractivity (Wildman–Crippen MR) is 54.8 cm³/mol. The molecule has 2 rings (SSSR count). The minimum atomic E-state index is -0.871. The van der Waals surface area contributed by atoms with Crippen molar-refractivity contribution >= 4 is 11.6 Å². The zero-order valence-corrected chi connectivity index (χ0v) is 8.64. The number of aliphatic hydroxyl groups is 1. The Balaban J connectivity index is 2.49. The van der Waals surface area contributed by atoms with Crippen molar-refractivity contribution in [2.75, 3.05) is 20.2 Å². The van der Waals surface area contributed by atoms with Gasteiger partial charge in [0.1, 0.15) is 11.4 Å². The Morgan fingerprint density at radius 3 is 2.71 bits per heavy atom. The lowest BCUT2D eigenvalue weighted by molar-refractivity contribution is -0.0163. The van der Waals surface area contributed by atoms with E-state index >= 15 is 0 Å². The van der Waals surface area contributed by atoms with Crippen LogP contribution >= 0.6 is 11.6 Å². The molecular formula is C10H12ClNO2. The number of hydrogen-bond acceptors (Lipinski definition) is 3. The van der Waals surface area contributed by atoms with Crippen molar-refractivity contribution in [1.29, 1.82) is 0 Å². The van der Waals surface area contributed by atoms with Gasteiger partial charge in [0, 0.05) is 18.7 Å². The highest BCUT2D eigenvalue weighted by atomic mass is 35.5. The molecule has 76 valence electrons. The summed E-state index contributed by atoms with van der Waals surface area (Å²) in [6.07, 6.45) is 0. The summed E-state index contributed by atoms with van der Waals surface area (Å²) in [6.45, 7) is 1.04. The van der Waals surface area contributed by atoms with Crippen molar-refractivity contribution in [3.8, 4) is 5.75 Å². The zero-order chi connectivity index (χ0) is 10.2. The average molecular weight is 214 g/mol. The predicted octanol–water partition coefficient (Wildman–Crippen LogP) is 1.14. The van der Waals surface area contributed by atoms with Crippen molar-refractivity contribution in [3.63, 3.8) is 0 Å². The van der Waals surface area contributed by atoms with E-state index in [9.17, 15) is 5.11 Å². The van der Waals surface area contributed by atoms with Crippen LogP contribution in [0.1, 0.15) is 5.56 Å². The van der Waals surface area contributed by atoms with Crippen molar-refractivity contribution < 1.29 is 9.84 Å². The highest BCUT2D eigenvalue weighted by Crippen LogP contribution is 2.37. The first-order valence-electron chi connectivity index (χ1n) is 4.43. The second-order valence-electron chi connectivity index (χ2n) is 3.45. The molecule has 0 unspecified atom stereocenters. The molecule has 0 radical (unpaired) electrons. The molecule has 0 atom stereocenters. The molecule has 1 fully saturated rings. The van der Waals surface area contributed by atoms with E-state index in [1.54, 1.807) is 25.3 Å². The van der Waals surface area contributed by atoms with E-state index in [1.807, 2.05) is 0 Å². The molecule has 4 heteroatoms. The maximum Gasteiger partial charge on any atom is 0.126 e. The molecule has 0 saturated carbocycles. The highest BCUT2D eigenvalue weighted by Gasteiger charge is 2.40. The number of hydrogen-bond donors (Lipinski definition) is 2. The van der Waals surface area contributed by atoms with Crippen molar-refractivity contribution in [1.82, 2.24) is 5.32 Å². The number of nitrogens with one attached hydrogen (secondary N) is 1. The van der Waals surface area contributed by atoms with Gasteiger partial charge in [0.05, 0.1) is 12.1 Å². The number of ether oxygens (including phenoxy) is 1. The van der Waals surface area contributed by atoms with Crippen molar-refractivity contribution in [2.24, 2.45) is 0 Å². The molecule has 0 spiro atoms. The first-order valence-corrected chi connectivity index (χ1v) is 4.81. The summed E-state index contributed by atoms with van der Waals surface area (Å²) in [5, 5.41) is 13.7. The van der Waals surface area contributed by atoms with Crippen LogP contribution in [0.2, 0.25) is 5.02 Å². The fraction of sp³-hybridized carbons (Fsp3) is 0.400. The third-order valence-corrected chi connectivity index (χ3v) is 2.81. The molecule has 0 amide bonds. The standard InChI is InChI=1S/C10H12ClNO2/c1-14-8-4-2-3-7(11)9(8)10(13)5-12-6-10/h2-4,12-13H,5-6H2,1H3. The number of rotatable bonds is 2. The SMILES string of the molecule is COc1cccc(Cl)c1C1(O)CNC1. The third kappa shape index (κ3) is 1.38. The minimum absolute atomic E-state index is 0.521. The number of methoxy groups -OCH3 is 1. The lowest BCUT2D eigenvalue weighted by Gasteiger charge is -2.39. The molecule has 3 nitrogen and oxygen atoms in total. The molecule has 1 heterocycles. The molecule has 0 aromatic heterocycles. The zero-order valence-electron chi connectivity index (χ0n) is 7.88. The van der Waals surface area contributed by atoms with Gasteiger partial charge in [-0.15, -0.1) is 0 Å². The number of benzene rings is 1. The van der Waals surface area contributed by atoms with Gasteiger partial charge in [0.2, 0.25) is 0 Å². The van der Waals surface area contributed by atoms with Crippen LogP contribution in [0.3, 0.4) is 0 Å². The van der Waals surface area contributed by atoms with Crippen LogP contribution in [-0.2, 0) is 5.60 Å². The second kappa shape index (κ2) is 3.42. The topological polar surface area (TPSA) is 41.5 Å². The van der Waals surface area contributed by atoms with Gasteiger partial charge >= 0.3 is 0 Å². The van der Waals surface area contributed by atoms with Crippen LogP contribution in [-0.4, -0.2) is 25.3 Å². The Labute approximate surface area is 87.6 Å². The van der Waals surface area contributed by atoms with Gasteiger partial charge in [-0.05, 0) is 12.1 Å². The van der Waals surface area contributed by atoms with Gasteiger partial charge in [0.25, 0.3) is 0 Å². The lowest BCUT2D eigenvalue weighted by atomic mass is 9.87. The Bertz CT molecular complexity index is 350. The molecule has 1 aromatic rings. The Kier molecular flexibility index (Phi) is 2.39. The maximum atomic E-state index is 10.1. The minimum Gasteiger partial charge on any atom is -0.496 e. The third-order valence-electron chi connectivity index (χ3n) is 2.50. The first-order chi connectivity index (χ1) is 6.67. The van der Waals surface area contributed by atoms with Crippen LogP contribution in [0.4, 0.5) is 0 Å². The summed E-state index contributed by atoms with van der Waals surface area (Å²) >= 11 is 6.04. The molecule has 0 bridgehead atoms. The molecule has 1 aromatic carbocycles. The number of β-amino-alcohol motifs (C(OH)–C–C–N with tert-alkyl or cyclic N) is 1. The molecule has 1 aliphatic heterocycles. The molecular weight excluding hydrogens is 202 g/mol. The van der Waals surface area contributed by atoms with E-state index in [0.717, 1.165) is 0 Å². The quantitative estimate of drug-likeness (QED) is 0.774. The van der Waals surface area contributed by atoms with Crippen LogP contribution < -0.4 is 10.1 Å². The highest BCUT2D eigenvalue weighted by molar-refractivity contribution is 6.31. The van der Waals surface area contributed by atoms with Crippen molar-refractivity contribution in [3.05, 3.63) is 28.8 Å². The summed E-state index contributed by atoms with van der Waals surface area (Å²) in [5.41, 5.74) is -0.188.